The normalized spacial score (nSPS) is 12.9. The van der Waals surface area contributed by atoms with Gasteiger partial charge in [0, 0.05) is 6.42 Å². The molecule has 28 heavy (non-hydrogen) atoms. The predicted molar refractivity (Wildman–Crippen MR) is 113 cm³/mol. The summed E-state index contributed by atoms with van der Waals surface area (Å²) in [6.45, 7) is 3.87. The van der Waals surface area contributed by atoms with Gasteiger partial charge in [-0.25, -0.2) is 4.90 Å². The molecule has 0 saturated carbocycles. The second-order valence-electron chi connectivity index (χ2n) is 6.76. The lowest BCUT2D eigenvalue weighted by Gasteiger charge is -2.16. The number of hydrogen-bond donors (Lipinski definition) is 2. The van der Waals surface area contributed by atoms with E-state index in [1.165, 1.54) is 6.07 Å². The van der Waals surface area contributed by atoms with E-state index in [2.05, 4.69) is 10.6 Å². The smallest absolute Gasteiger partial charge is 0.266 e. The van der Waals surface area contributed by atoms with Crippen LogP contribution in [0.15, 0.2) is 42.5 Å². The number of halogens is 1. The summed E-state index contributed by atoms with van der Waals surface area (Å²) in [5.74, 6) is -0.765. The molecule has 2 aromatic carbocycles. The molecule has 0 radical (unpaired) electrons. The van der Waals surface area contributed by atoms with Crippen molar-refractivity contribution in [2.45, 2.75) is 20.3 Å². The van der Waals surface area contributed by atoms with Crippen LogP contribution < -0.4 is 15.5 Å². The van der Waals surface area contributed by atoms with Gasteiger partial charge in [0.05, 0.1) is 27.5 Å². The number of hydrogen-bond acceptors (Lipinski definition) is 4. The molecule has 6 nitrogen and oxygen atoms in total. The molecule has 3 rings (SSSR count). The lowest BCUT2D eigenvalue weighted by atomic mass is 10.1. The Hall–Kier alpha value is -2.77. The largest absolute Gasteiger partial charge is 0.331 e. The number of nitrogens with zero attached hydrogens (tertiary/aromatic N) is 1. The Labute approximate surface area is 172 Å². The number of fused-ring (bicyclic) bond motifs is 1. The fourth-order valence-corrected chi connectivity index (χ4v) is 3.32. The molecule has 3 amide bonds. The van der Waals surface area contributed by atoms with Crippen molar-refractivity contribution in [2.24, 2.45) is 5.92 Å². The Kier molecular flexibility index (Phi) is 5.76. The van der Waals surface area contributed by atoms with Gasteiger partial charge in [0.1, 0.15) is 0 Å². The number of anilines is 2. The molecule has 2 aromatic rings. The van der Waals surface area contributed by atoms with E-state index in [-0.39, 0.29) is 22.0 Å². The van der Waals surface area contributed by atoms with Gasteiger partial charge in [0.2, 0.25) is 5.91 Å². The number of thiocarbonyl (C=S) groups is 1. The van der Waals surface area contributed by atoms with Gasteiger partial charge in [-0.1, -0.05) is 37.6 Å². The molecule has 0 aliphatic carbocycles. The number of rotatable bonds is 4. The monoisotopic (exact) mass is 415 g/mol. The van der Waals surface area contributed by atoms with Crippen LogP contribution in [-0.4, -0.2) is 22.8 Å². The lowest BCUT2D eigenvalue weighted by molar-refractivity contribution is -0.120. The summed E-state index contributed by atoms with van der Waals surface area (Å²) in [4.78, 5) is 38.0. The summed E-state index contributed by atoms with van der Waals surface area (Å²) < 4.78 is 0. The zero-order valence-electron chi connectivity index (χ0n) is 15.3. The molecule has 0 unspecified atom stereocenters. The van der Waals surface area contributed by atoms with E-state index in [1.54, 1.807) is 36.4 Å². The first-order chi connectivity index (χ1) is 13.3. The number of carbonyl (C=O) groups is 3. The summed E-state index contributed by atoms with van der Waals surface area (Å²) >= 11 is 11.4. The molecule has 144 valence electrons. The highest BCUT2D eigenvalue weighted by Gasteiger charge is 2.36. The lowest BCUT2D eigenvalue weighted by Crippen LogP contribution is -2.34. The van der Waals surface area contributed by atoms with Crippen molar-refractivity contribution in [1.29, 1.82) is 0 Å². The molecule has 0 fully saturated rings. The van der Waals surface area contributed by atoms with Crippen LogP contribution >= 0.6 is 23.8 Å². The molecule has 8 heteroatoms. The van der Waals surface area contributed by atoms with Crippen molar-refractivity contribution in [3.63, 3.8) is 0 Å². The second kappa shape index (κ2) is 8.08. The Balaban J connectivity index is 1.75. The van der Waals surface area contributed by atoms with E-state index in [4.69, 9.17) is 23.8 Å². The average molecular weight is 416 g/mol. The van der Waals surface area contributed by atoms with Crippen LogP contribution in [0, 0.1) is 5.92 Å². The molecule has 0 bridgehead atoms. The quantitative estimate of drug-likeness (QED) is 0.583. The highest BCUT2D eigenvalue weighted by atomic mass is 35.5. The maximum Gasteiger partial charge on any atom is 0.266 e. The summed E-state index contributed by atoms with van der Waals surface area (Å²) in [6.07, 6.45) is 0.355. The first kappa shape index (κ1) is 20.0. The standard InChI is InChI=1S/C20H18ClN3O3S/c1-11(2)9-17(25)23-20(28)22-16-8-7-12(10-15(16)21)24-18(26)13-5-3-4-6-14(13)19(24)27/h3-8,10-11H,9H2,1-2H3,(H2,22,23,25,28). The molecule has 1 aliphatic rings. The highest BCUT2D eigenvalue weighted by Crippen LogP contribution is 2.32. The van der Waals surface area contributed by atoms with Crippen LogP contribution in [0.3, 0.4) is 0 Å². The number of imide groups is 1. The van der Waals surface area contributed by atoms with E-state index in [0.717, 1.165) is 4.90 Å². The maximum absolute atomic E-state index is 12.6. The van der Waals surface area contributed by atoms with Crippen molar-refractivity contribution in [3.8, 4) is 0 Å². The molecule has 2 N–H and O–H groups in total. The van der Waals surface area contributed by atoms with E-state index >= 15 is 0 Å². The van der Waals surface area contributed by atoms with Gasteiger partial charge in [-0.15, -0.1) is 0 Å². The maximum atomic E-state index is 12.6. The second-order valence-corrected chi connectivity index (χ2v) is 7.57. The van der Waals surface area contributed by atoms with Gasteiger partial charge in [-0.05, 0) is 48.5 Å². The summed E-state index contributed by atoms with van der Waals surface area (Å²) in [6, 6.07) is 11.3. The number of nitrogens with one attached hydrogen (secondary N) is 2. The predicted octanol–water partition coefficient (Wildman–Crippen LogP) is 4.00. The Morgan fingerprint density at radius 1 is 1.11 bits per heavy atom. The third-order valence-corrected chi connectivity index (χ3v) is 4.62. The molecule has 0 spiro atoms. The fraction of sp³-hybridized carbons (Fsp3) is 0.200. The zero-order valence-corrected chi connectivity index (χ0v) is 16.9. The van der Waals surface area contributed by atoms with Crippen LogP contribution in [-0.2, 0) is 4.79 Å². The van der Waals surface area contributed by atoms with Gasteiger partial charge in [-0.2, -0.15) is 0 Å². The first-order valence-electron chi connectivity index (χ1n) is 8.66. The van der Waals surface area contributed by atoms with Crippen LogP contribution in [0.2, 0.25) is 5.02 Å². The molecular formula is C20H18ClN3O3S. The van der Waals surface area contributed by atoms with Crippen LogP contribution in [0.4, 0.5) is 11.4 Å². The molecule has 1 heterocycles. The fourth-order valence-electron chi connectivity index (χ4n) is 2.87. The average Bonchev–Trinajstić information content (AvgIpc) is 2.87. The van der Waals surface area contributed by atoms with E-state index < -0.39 is 11.8 Å². The molecular weight excluding hydrogens is 398 g/mol. The minimum absolute atomic E-state index is 0.126. The van der Waals surface area contributed by atoms with Crippen molar-refractivity contribution < 1.29 is 14.4 Å². The van der Waals surface area contributed by atoms with E-state index in [9.17, 15) is 14.4 Å². The molecule has 1 aliphatic heterocycles. The third-order valence-electron chi connectivity index (χ3n) is 4.10. The van der Waals surface area contributed by atoms with Crippen molar-refractivity contribution in [1.82, 2.24) is 5.32 Å². The Bertz CT molecular complexity index is 955. The topological polar surface area (TPSA) is 78.5 Å². The molecule has 0 saturated heterocycles. The van der Waals surface area contributed by atoms with Crippen molar-refractivity contribution in [2.75, 3.05) is 10.2 Å². The van der Waals surface area contributed by atoms with Gasteiger partial charge in [0.25, 0.3) is 11.8 Å². The first-order valence-corrected chi connectivity index (χ1v) is 9.44. The SMILES string of the molecule is CC(C)CC(=O)NC(=S)Nc1ccc(N2C(=O)c3ccccc3C2=O)cc1Cl. The summed E-state index contributed by atoms with van der Waals surface area (Å²) in [5.41, 5.74) is 1.54. The molecule has 0 aromatic heterocycles. The van der Waals surface area contributed by atoms with Crippen LogP contribution in [0.25, 0.3) is 0 Å². The van der Waals surface area contributed by atoms with Crippen molar-refractivity contribution in [3.05, 3.63) is 58.6 Å². The van der Waals surface area contributed by atoms with Crippen LogP contribution in [0.1, 0.15) is 41.0 Å². The van der Waals surface area contributed by atoms with E-state index in [0.29, 0.717) is 28.9 Å². The summed E-state index contributed by atoms with van der Waals surface area (Å²) in [5, 5.41) is 5.82. The van der Waals surface area contributed by atoms with Gasteiger partial charge < -0.3 is 10.6 Å². The minimum Gasteiger partial charge on any atom is -0.331 e. The van der Waals surface area contributed by atoms with E-state index in [1.807, 2.05) is 13.8 Å². The zero-order chi connectivity index (χ0) is 20.4. The van der Waals surface area contributed by atoms with Crippen molar-refractivity contribution >= 4 is 58.0 Å². The van der Waals surface area contributed by atoms with Gasteiger partial charge >= 0.3 is 0 Å². The number of amides is 3. The highest BCUT2D eigenvalue weighted by molar-refractivity contribution is 7.80. The molecule has 0 atom stereocenters. The number of benzene rings is 2. The Morgan fingerprint density at radius 2 is 1.71 bits per heavy atom. The summed E-state index contributed by atoms with van der Waals surface area (Å²) in [7, 11) is 0. The van der Waals surface area contributed by atoms with Crippen LogP contribution in [0.5, 0.6) is 0 Å². The Morgan fingerprint density at radius 3 is 2.25 bits per heavy atom. The van der Waals surface area contributed by atoms with Gasteiger partial charge in [-0.3, -0.25) is 14.4 Å². The van der Waals surface area contributed by atoms with Gasteiger partial charge in [0.15, 0.2) is 5.11 Å². The third kappa shape index (κ3) is 4.05. The number of carbonyl (C=O) groups excluding carboxylic acids is 3. The minimum atomic E-state index is -0.395.